The van der Waals surface area contributed by atoms with E-state index in [1.165, 1.54) is 6.08 Å². The van der Waals surface area contributed by atoms with E-state index in [-0.39, 0.29) is 5.91 Å². The normalized spacial score (nSPS) is 9.87. The summed E-state index contributed by atoms with van der Waals surface area (Å²) in [6.45, 7) is 3.37. The highest BCUT2D eigenvalue weighted by atomic mass is 16.1. The molecule has 0 bridgehead atoms. The van der Waals surface area contributed by atoms with Crippen molar-refractivity contribution >= 4 is 22.6 Å². The van der Waals surface area contributed by atoms with E-state index in [1.807, 2.05) is 18.2 Å². The number of nitrogens with one attached hydrogen (secondary N) is 1. The molecule has 2 aromatic heterocycles. The van der Waals surface area contributed by atoms with E-state index in [1.54, 1.807) is 12.4 Å². The monoisotopic (exact) mass is 199 g/mol. The van der Waals surface area contributed by atoms with Crippen LogP contribution in [0.2, 0.25) is 0 Å². The van der Waals surface area contributed by atoms with E-state index in [2.05, 4.69) is 21.9 Å². The molecule has 74 valence electrons. The highest BCUT2D eigenvalue weighted by molar-refractivity contribution is 5.99. The third-order valence-electron chi connectivity index (χ3n) is 1.91. The van der Waals surface area contributed by atoms with Crippen molar-refractivity contribution in [1.82, 2.24) is 9.97 Å². The van der Waals surface area contributed by atoms with Gasteiger partial charge in [0.05, 0.1) is 11.9 Å². The lowest BCUT2D eigenvalue weighted by Crippen LogP contribution is -2.07. The quantitative estimate of drug-likeness (QED) is 0.750. The molecule has 0 radical (unpaired) electrons. The average molecular weight is 199 g/mol. The Morgan fingerprint density at radius 1 is 1.47 bits per heavy atom. The average Bonchev–Trinajstić information content (AvgIpc) is 2.29. The fraction of sp³-hybridized carbons (Fsp3) is 0. The van der Waals surface area contributed by atoms with Crippen LogP contribution in [-0.4, -0.2) is 15.9 Å². The van der Waals surface area contributed by atoms with Crippen molar-refractivity contribution in [1.29, 1.82) is 0 Å². The molecule has 15 heavy (non-hydrogen) atoms. The number of carbonyl (C=O) groups excluding carboxylic acids is 1. The lowest BCUT2D eigenvalue weighted by Gasteiger charge is -2.02. The topological polar surface area (TPSA) is 54.9 Å². The molecule has 0 saturated heterocycles. The van der Waals surface area contributed by atoms with E-state index >= 15 is 0 Å². The largest absolute Gasteiger partial charge is 0.321 e. The number of pyridine rings is 2. The van der Waals surface area contributed by atoms with Crippen LogP contribution in [0, 0.1) is 0 Å². The number of hydrogen-bond acceptors (Lipinski definition) is 3. The van der Waals surface area contributed by atoms with Crippen LogP contribution in [0.5, 0.6) is 0 Å². The summed E-state index contributed by atoms with van der Waals surface area (Å²) >= 11 is 0. The molecule has 1 amide bonds. The predicted octanol–water partition coefficient (Wildman–Crippen LogP) is 1.75. The van der Waals surface area contributed by atoms with Gasteiger partial charge < -0.3 is 5.32 Å². The summed E-state index contributed by atoms with van der Waals surface area (Å²) in [4.78, 5) is 19.2. The molecule has 0 spiro atoms. The molecular formula is C11H9N3O. The van der Waals surface area contributed by atoms with Crippen LogP contribution in [-0.2, 0) is 4.79 Å². The molecule has 4 heteroatoms. The smallest absolute Gasteiger partial charge is 0.247 e. The zero-order valence-corrected chi connectivity index (χ0v) is 7.97. The molecule has 0 aliphatic rings. The number of carbonyl (C=O) groups is 1. The van der Waals surface area contributed by atoms with Crippen molar-refractivity contribution in [3.05, 3.63) is 43.2 Å². The second kappa shape index (κ2) is 3.88. The number of fused-ring (bicyclic) bond motifs is 1. The minimum Gasteiger partial charge on any atom is -0.321 e. The Hall–Kier alpha value is -2.23. The zero-order chi connectivity index (χ0) is 10.7. The van der Waals surface area contributed by atoms with E-state index in [0.717, 1.165) is 5.39 Å². The standard InChI is InChI=1S/C11H9N3O/c1-2-10(15)14-9-6-8-4-3-5-12-11(8)13-7-9/h2-7H,1H2,(H,14,15). The van der Waals surface area contributed by atoms with Gasteiger partial charge in [-0.1, -0.05) is 6.58 Å². The van der Waals surface area contributed by atoms with Gasteiger partial charge in [-0.2, -0.15) is 0 Å². The van der Waals surface area contributed by atoms with Crippen LogP contribution in [0.15, 0.2) is 43.2 Å². The zero-order valence-electron chi connectivity index (χ0n) is 7.97. The Balaban J connectivity index is 2.38. The first-order valence-electron chi connectivity index (χ1n) is 4.44. The van der Waals surface area contributed by atoms with Crippen LogP contribution in [0.3, 0.4) is 0 Å². The van der Waals surface area contributed by atoms with Crippen LogP contribution < -0.4 is 5.32 Å². The fourth-order valence-electron chi connectivity index (χ4n) is 1.23. The van der Waals surface area contributed by atoms with Crippen LogP contribution >= 0.6 is 0 Å². The van der Waals surface area contributed by atoms with Crippen molar-refractivity contribution in [2.24, 2.45) is 0 Å². The highest BCUT2D eigenvalue weighted by Gasteiger charge is 1.99. The Labute approximate surface area is 86.7 Å². The van der Waals surface area contributed by atoms with Crippen LogP contribution in [0.1, 0.15) is 0 Å². The number of hydrogen-bond donors (Lipinski definition) is 1. The van der Waals surface area contributed by atoms with Crippen molar-refractivity contribution in [3.8, 4) is 0 Å². The SMILES string of the molecule is C=CC(=O)Nc1cnc2ncccc2c1. The van der Waals surface area contributed by atoms with Crippen molar-refractivity contribution < 1.29 is 4.79 Å². The molecular weight excluding hydrogens is 190 g/mol. The maximum atomic E-state index is 11.0. The first-order chi connectivity index (χ1) is 7.29. The minimum atomic E-state index is -0.250. The molecule has 0 atom stereocenters. The molecule has 0 saturated carbocycles. The predicted molar refractivity (Wildman–Crippen MR) is 58.4 cm³/mol. The molecule has 0 unspecified atom stereocenters. The Bertz CT molecular complexity index is 522. The number of nitrogens with zero attached hydrogens (tertiary/aromatic N) is 2. The molecule has 0 aromatic carbocycles. The number of amides is 1. The number of rotatable bonds is 2. The van der Waals surface area contributed by atoms with Gasteiger partial charge in [-0.25, -0.2) is 9.97 Å². The van der Waals surface area contributed by atoms with Crippen molar-refractivity contribution in [2.75, 3.05) is 5.32 Å². The Kier molecular flexibility index (Phi) is 2.41. The summed E-state index contributed by atoms with van der Waals surface area (Å²) in [5, 5.41) is 3.52. The van der Waals surface area contributed by atoms with Gasteiger partial charge in [0.2, 0.25) is 5.91 Å². The van der Waals surface area contributed by atoms with Crippen LogP contribution in [0.25, 0.3) is 11.0 Å². The molecule has 2 heterocycles. The number of aromatic nitrogens is 2. The number of anilines is 1. The molecule has 4 nitrogen and oxygen atoms in total. The minimum absolute atomic E-state index is 0.250. The lowest BCUT2D eigenvalue weighted by molar-refractivity contribution is -0.111. The maximum absolute atomic E-state index is 11.0. The van der Waals surface area contributed by atoms with Gasteiger partial charge in [-0.05, 0) is 24.3 Å². The molecule has 0 aliphatic carbocycles. The highest BCUT2D eigenvalue weighted by Crippen LogP contribution is 2.13. The Morgan fingerprint density at radius 2 is 2.33 bits per heavy atom. The second-order valence-corrected chi connectivity index (χ2v) is 2.97. The second-order valence-electron chi connectivity index (χ2n) is 2.97. The molecule has 2 aromatic rings. The van der Waals surface area contributed by atoms with Gasteiger partial charge in [0, 0.05) is 11.6 Å². The third kappa shape index (κ3) is 1.99. The van der Waals surface area contributed by atoms with Gasteiger partial charge in [0.1, 0.15) is 0 Å². The summed E-state index contributed by atoms with van der Waals surface area (Å²) in [6, 6.07) is 5.53. The molecule has 0 fully saturated rings. The van der Waals surface area contributed by atoms with Crippen molar-refractivity contribution in [2.45, 2.75) is 0 Å². The van der Waals surface area contributed by atoms with E-state index in [4.69, 9.17) is 0 Å². The van der Waals surface area contributed by atoms with E-state index in [9.17, 15) is 4.79 Å². The van der Waals surface area contributed by atoms with Gasteiger partial charge in [-0.15, -0.1) is 0 Å². The van der Waals surface area contributed by atoms with Gasteiger partial charge in [0.25, 0.3) is 0 Å². The summed E-state index contributed by atoms with van der Waals surface area (Å²) in [5.74, 6) is -0.250. The van der Waals surface area contributed by atoms with E-state index in [0.29, 0.717) is 11.3 Å². The first-order valence-corrected chi connectivity index (χ1v) is 4.44. The van der Waals surface area contributed by atoms with Gasteiger partial charge >= 0.3 is 0 Å². The molecule has 1 N–H and O–H groups in total. The van der Waals surface area contributed by atoms with Crippen molar-refractivity contribution in [3.63, 3.8) is 0 Å². The van der Waals surface area contributed by atoms with Crippen LogP contribution in [0.4, 0.5) is 5.69 Å². The molecule has 0 aliphatic heterocycles. The summed E-state index contributed by atoms with van der Waals surface area (Å²) in [7, 11) is 0. The molecule has 2 rings (SSSR count). The summed E-state index contributed by atoms with van der Waals surface area (Å²) in [5.41, 5.74) is 1.30. The van der Waals surface area contributed by atoms with Gasteiger partial charge in [-0.3, -0.25) is 4.79 Å². The van der Waals surface area contributed by atoms with E-state index < -0.39 is 0 Å². The van der Waals surface area contributed by atoms with Gasteiger partial charge in [0.15, 0.2) is 5.65 Å². The Morgan fingerprint density at radius 3 is 3.13 bits per heavy atom. The third-order valence-corrected chi connectivity index (χ3v) is 1.91. The lowest BCUT2D eigenvalue weighted by atomic mass is 10.3. The first kappa shape index (κ1) is 9.33. The summed E-state index contributed by atoms with van der Waals surface area (Å²) in [6.07, 6.45) is 4.46. The fourth-order valence-corrected chi connectivity index (χ4v) is 1.23. The maximum Gasteiger partial charge on any atom is 0.247 e. The summed E-state index contributed by atoms with van der Waals surface area (Å²) < 4.78 is 0.